The molecule has 2 bridgehead atoms. The van der Waals surface area contributed by atoms with E-state index < -0.39 is 0 Å². The standard InChI is InChI=1S/C23H27BrO3/c1-2-27-23(26)21-15-19(14-17-7-10-20(24)11-8-17)22(25)12-9-16-5-3-4-6-18(21)13-16/h7-8,10-11,15-16H,2-6,9,12-14H2,1H3. The van der Waals surface area contributed by atoms with Crippen LogP contribution >= 0.6 is 15.9 Å². The molecule has 2 aliphatic rings. The molecular weight excluding hydrogens is 404 g/mol. The van der Waals surface area contributed by atoms with Crippen molar-refractivity contribution in [2.24, 2.45) is 5.92 Å². The van der Waals surface area contributed by atoms with Crippen molar-refractivity contribution in [3.8, 4) is 0 Å². The van der Waals surface area contributed by atoms with Crippen LogP contribution in [-0.2, 0) is 20.7 Å². The molecule has 1 unspecified atom stereocenters. The van der Waals surface area contributed by atoms with E-state index in [9.17, 15) is 9.59 Å². The smallest absolute Gasteiger partial charge is 0.338 e. The second-order valence-corrected chi connectivity index (χ2v) is 8.40. The molecule has 3 rings (SSSR count). The summed E-state index contributed by atoms with van der Waals surface area (Å²) in [6.45, 7) is 2.18. The van der Waals surface area contributed by atoms with E-state index >= 15 is 0 Å². The Morgan fingerprint density at radius 3 is 2.67 bits per heavy atom. The van der Waals surface area contributed by atoms with E-state index in [1.54, 1.807) is 0 Å². The normalized spacial score (nSPS) is 20.9. The molecule has 0 spiro atoms. The molecule has 0 heterocycles. The predicted molar refractivity (Wildman–Crippen MR) is 110 cm³/mol. The van der Waals surface area contributed by atoms with E-state index in [4.69, 9.17) is 4.74 Å². The molecule has 1 fully saturated rings. The molecule has 1 atom stereocenters. The number of Topliss-reactive ketones (excluding diaryl/α,β-unsaturated/α-hetero) is 1. The lowest BCUT2D eigenvalue weighted by molar-refractivity contribution is -0.138. The van der Waals surface area contributed by atoms with E-state index in [2.05, 4.69) is 15.9 Å². The topological polar surface area (TPSA) is 43.4 Å². The number of benzene rings is 1. The van der Waals surface area contributed by atoms with E-state index in [1.165, 1.54) is 12.0 Å². The molecule has 0 saturated heterocycles. The molecule has 0 aromatic heterocycles. The van der Waals surface area contributed by atoms with Gasteiger partial charge in [-0.15, -0.1) is 0 Å². The number of fused-ring (bicyclic) bond motifs is 2. The lowest BCUT2D eigenvalue weighted by Gasteiger charge is -2.15. The van der Waals surface area contributed by atoms with Crippen LogP contribution in [0.15, 0.2) is 51.5 Å². The predicted octanol–water partition coefficient (Wildman–Crippen LogP) is 5.72. The van der Waals surface area contributed by atoms with Crippen molar-refractivity contribution >= 4 is 27.7 Å². The summed E-state index contributed by atoms with van der Waals surface area (Å²) in [4.78, 5) is 25.6. The fraction of sp³-hybridized carbons (Fsp3) is 0.478. The Labute approximate surface area is 170 Å². The van der Waals surface area contributed by atoms with Gasteiger partial charge in [0.1, 0.15) is 0 Å². The summed E-state index contributed by atoms with van der Waals surface area (Å²) in [5.41, 5.74) is 3.61. The second kappa shape index (κ2) is 9.50. The number of ketones is 1. The van der Waals surface area contributed by atoms with E-state index in [0.717, 1.165) is 47.7 Å². The highest BCUT2D eigenvalue weighted by Crippen LogP contribution is 2.35. The highest BCUT2D eigenvalue weighted by Gasteiger charge is 2.25. The third kappa shape index (κ3) is 5.41. The average Bonchev–Trinajstić information content (AvgIpc) is 2.87. The third-order valence-electron chi connectivity index (χ3n) is 5.52. The lowest BCUT2D eigenvalue weighted by atomic mass is 9.91. The van der Waals surface area contributed by atoms with Gasteiger partial charge in [-0.25, -0.2) is 4.79 Å². The molecule has 1 aromatic rings. The molecule has 1 saturated carbocycles. The summed E-state index contributed by atoms with van der Waals surface area (Å²) < 4.78 is 6.36. The van der Waals surface area contributed by atoms with Gasteiger partial charge in [0, 0.05) is 22.9 Å². The van der Waals surface area contributed by atoms with Gasteiger partial charge in [0.15, 0.2) is 5.78 Å². The van der Waals surface area contributed by atoms with Crippen molar-refractivity contribution in [2.45, 2.75) is 58.3 Å². The fourth-order valence-corrected chi connectivity index (χ4v) is 4.32. The van der Waals surface area contributed by atoms with E-state index in [0.29, 0.717) is 30.9 Å². The van der Waals surface area contributed by atoms with Gasteiger partial charge in [-0.05, 0) is 62.3 Å². The van der Waals surface area contributed by atoms with E-state index in [-0.39, 0.29) is 11.8 Å². The largest absolute Gasteiger partial charge is 0.462 e. The number of hydrogen-bond acceptors (Lipinski definition) is 3. The first-order chi connectivity index (χ1) is 13.1. The fourth-order valence-electron chi connectivity index (χ4n) is 4.05. The molecule has 0 amide bonds. The molecule has 1 aromatic carbocycles. The summed E-state index contributed by atoms with van der Waals surface area (Å²) >= 11 is 3.45. The Morgan fingerprint density at radius 2 is 1.93 bits per heavy atom. The summed E-state index contributed by atoms with van der Waals surface area (Å²) in [5, 5.41) is 0. The molecule has 27 heavy (non-hydrogen) atoms. The second-order valence-electron chi connectivity index (χ2n) is 7.49. The highest BCUT2D eigenvalue weighted by atomic mass is 79.9. The van der Waals surface area contributed by atoms with Gasteiger partial charge in [-0.3, -0.25) is 4.79 Å². The van der Waals surface area contributed by atoms with Gasteiger partial charge >= 0.3 is 5.97 Å². The highest BCUT2D eigenvalue weighted by molar-refractivity contribution is 9.10. The molecule has 0 radical (unpaired) electrons. The first-order valence-electron chi connectivity index (χ1n) is 9.94. The Morgan fingerprint density at radius 1 is 1.15 bits per heavy atom. The van der Waals surface area contributed by atoms with Crippen LogP contribution < -0.4 is 0 Å². The Kier molecular flexibility index (Phi) is 7.06. The van der Waals surface area contributed by atoms with Crippen molar-refractivity contribution in [2.75, 3.05) is 6.61 Å². The van der Waals surface area contributed by atoms with E-state index in [1.807, 2.05) is 37.3 Å². The zero-order chi connectivity index (χ0) is 19.2. The van der Waals surface area contributed by atoms with Gasteiger partial charge in [0.05, 0.1) is 12.2 Å². The monoisotopic (exact) mass is 430 g/mol. The molecule has 4 heteroatoms. The van der Waals surface area contributed by atoms with Crippen molar-refractivity contribution in [3.63, 3.8) is 0 Å². The Bertz CT molecular complexity index is 758. The maximum Gasteiger partial charge on any atom is 0.338 e. The van der Waals surface area contributed by atoms with Gasteiger partial charge < -0.3 is 4.74 Å². The summed E-state index contributed by atoms with van der Waals surface area (Å²) in [7, 11) is 0. The maximum atomic E-state index is 12.9. The third-order valence-corrected chi connectivity index (χ3v) is 6.05. The van der Waals surface area contributed by atoms with Crippen LogP contribution in [0.25, 0.3) is 0 Å². The Hall–Kier alpha value is -1.68. The minimum absolute atomic E-state index is 0.159. The van der Waals surface area contributed by atoms with Crippen molar-refractivity contribution in [1.82, 2.24) is 0 Å². The quantitative estimate of drug-likeness (QED) is 0.573. The molecule has 2 aliphatic carbocycles. The Balaban J connectivity index is 2.00. The van der Waals surface area contributed by atoms with Gasteiger partial charge in [0.25, 0.3) is 0 Å². The zero-order valence-electron chi connectivity index (χ0n) is 15.9. The minimum Gasteiger partial charge on any atom is -0.462 e. The molecule has 144 valence electrons. The summed E-state index contributed by atoms with van der Waals surface area (Å²) in [5.74, 6) is 0.374. The molecule has 3 nitrogen and oxygen atoms in total. The number of carbonyl (C=O) groups excluding carboxylic acids is 2. The summed E-state index contributed by atoms with van der Waals surface area (Å²) in [6, 6.07) is 8.01. The van der Waals surface area contributed by atoms with Crippen LogP contribution in [0.2, 0.25) is 0 Å². The van der Waals surface area contributed by atoms with Crippen LogP contribution in [-0.4, -0.2) is 18.4 Å². The van der Waals surface area contributed by atoms with Gasteiger partial charge in [0.2, 0.25) is 0 Å². The van der Waals surface area contributed by atoms with Crippen LogP contribution in [0.3, 0.4) is 0 Å². The zero-order valence-corrected chi connectivity index (χ0v) is 17.5. The van der Waals surface area contributed by atoms with Gasteiger partial charge in [-0.2, -0.15) is 0 Å². The first kappa shape index (κ1) is 20.1. The van der Waals surface area contributed by atoms with Crippen LogP contribution in [0, 0.1) is 5.92 Å². The minimum atomic E-state index is -0.281. The molecular formula is C23H27BrO3. The average molecular weight is 431 g/mol. The summed E-state index contributed by atoms with van der Waals surface area (Å²) in [6.07, 6.45) is 9.15. The number of esters is 1. The van der Waals surface area contributed by atoms with Crippen LogP contribution in [0.1, 0.15) is 57.4 Å². The van der Waals surface area contributed by atoms with Crippen molar-refractivity contribution in [1.29, 1.82) is 0 Å². The number of carbonyl (C=O) groups is 2. The number of ether oxygens (including phenoxy) is 1. The lowest BCUT2D eigenvalue weighted by Crippen LogP contribution is -2.12. The van der Waals surface area contributed by atoms with Gasteiger partial charge in [-0.1, -0.05) is 46.5 Å². The number of allylic oxidation sites excluding steroid dienone is 2. The van der Waals surface area contributed by atoms with Crippen LogP contribution in [0.5, 0.6) is 0 Å². The molecule has 0 aliphatic heterocycles. The van der Waals surface area contributed by atoms with Crippen molar-refractivity contribution in [3.05, 3.63) is 57.1 Å². The first-order valence-corrected chi connectivity index (χ1v) is 10.7. The number of hydrogen-bond donors (Lipinski definition) is 0. The number of halogens is 1. The maximum absolute atomic E-state index is 12.9. The number of rotatable bonds is 4. The molecule has 0 N–H and O–H groups in total. The van der Waals surface area contributed by atoms with Crippen molar-refractivity contribution < 1.29 is 14.3 Å². The SMILES string of the molecule is CCOC(=O)C1=C2CCCCC(CCC(=O)C(Cc3ccc(Br)cc3)=C1)C2. The van der Waals surface area contributed by atoms with Crippen LogP contribution in [0.4, 0.5) is 0 Å².